The summed E-state index contributed by atoms with van der Waals surface area (Å²) in [5.74, 6) is 2.96. The third-order valence-corrected chi connectivity index (χ3v) is 6.12. The quantitative estimate of drug-likeness (QED) is 0.426. The molecule has 2 aromatic carbocycles. The number of hydrogen-bond donors (Lipinski definition) is 3. The van der Waals surface area contributed by atoms with Gasteiger partial charge in [0.15, 0.2) is 17.5 Å². The van der Waals surface area contributed by atoms with Crippen LogP contribution in [0.2, 0.25) is 0 Å². The molecule has 1 aliphatic carbocycles. The van der Waals surface area contributed by atoms with Crippen LogP contribution in [0, 0.1) is 11.8 Å². The number of fused-ring (bicyclic) bond motifs is 1. The average molecular weight is 463 g/mol. The Morgan fingerprint density at radius 3 is 2.55 bits per heavy atom. The van der Waals surface area contributed by atoms with Crippen molar-refractivity contribution in [2.45, 2.75) is 38.4 Å². The van der Waals surface area contributed by atoms with Crippen LogP contribution in [0.5, 0.6) is 11.5 Å². The number of alkyl halides is 3. The number of ether oxygens (including phenoxy) is 2. The van der Waals surface area contributed by atoms with Gasteiger partial charge in [0.05, 0.1) is 12.1 Å². The molecule has 0 spiro atoms. The van der Waals surface area contributed by atoms with Gasteiger partial charge in [-0.1, -0.05) is 18.6 Å². The van der Waals surface area contributed by atoms with Crippen LogP contribution in [0.3, 0.4) is 0 Å². The van der Waals surface area contributed by atoms with Crippen molar-refractivity contribution in [3.63, 3.8) is 0 Å². The second-order valence-corrected chi connectivity index (χ2v) is 8.57. The first-order valence-electron chi connectivity index (χ1n) is 11.2. The molecular weight excluding hydrogens is 433 g/mol. The molecule has 0 radical (unpaired) electrons. The number of halogens is 3. The zero-order chi connectivity index (χ0) is 23.3. The number of rotatable bonds is 6. The zero-order valence-electron chi connectivity index (χ0n) is 18.3. The Kier molecular flexibility index (Phi) is 7.27. The maximum Gasteiger partial charge on any atom is 0.416 e. The van der Waals surface area contributed by atoms with Crippen molar-refractivity contribution in [1.82, 2.24) is 5.32 Å². The fourth-order valence-electron chi connectivity index (χ4n) is 4.26. The second-order valence-electron chi connectivity index (χ2n) is 8.57. The molecule has 33 heavy (non-hydrogen) atoms. The van der Waals surface area contributed by atoms with E-state index < -0.39 is 11.7 Å². The van der Waals surface area contributed by atoms with E-state index in [4.69, 9.17) is 15.2 Å². The molecule has 9 heteroatoms. The molecule has 4 rings (SSSR count). The smallest absolute Gasteiger partial charge is 0.416 e. The van der Waals surface area contributed by atoms with Gasteiger partial charge in [0.1, 0.15) is 0 Å². The Balaban J connectivity index is 1.45. The first-order chi connectivity index (χ1) is 15.9. The number of aliphatic imine (C=N–C) groups is 1. The van der Waals surface area contributed by atoms with E-state index in [1.165, 1.54) is 25.0 Å². The van der Waals surface area contributed by atoms with Crippen molar-refractivity contribution < 1.29 is 22.6 Å². The fourth-order valence-corrected chi connectivity index (χ4v) is 4.26. The van der Waals surface area contributed by atoms with Crippen molar-refractivity contribution >= 4 is 11.6 Å². The highest BCUT2D eigenvalue weighted by Gasteiger charge is 2.30. The normalized spacial score (nSPS) is 20.5. The summed E-state index contributed by atoms with van der Waals surface area (Å²) < 4.78 is 49.3. The van der Waals surface area contributed by atoms with E-state index in [9.17, 15) is 13.2 Å². The molecule has 1 aliphatic heterocycles. The molecule has 178 valence electrons. The summed E-state index contributed by atoms with van der Waals surface area (Å²) in [5, 5.41) is 6.68. The molecule has 0 bridgehead atoms. The summed E-state index contributed by atoms with van der Waals surface area (Å²) >= 11 is 0. The van der Waals surface area contributed by atoms with Crippen LogP contribution >= 0.6 is 0 Å². The summed E-state index contributed by atoms with van der Waals surface area (Å²) in [6, 6.07) is 10.6. The third kappa shape index (κ3) is 6.31. The van der Waals surface area contributed by atoms with Gasteiger partial charge in [-0.3, -0.25) is 0 Å². The van der Waals surface area contributed by atoms with E-state index in [1.54, 1.807) is 0 Å². The van der Waals surface area contributed by atoms with Crippen molar-refractivity contribution in [3.05, 3.63) is 53.6 Å². The van der Waals surface area contributed by atoms with Crippen molar-refractivity contribution in [2.24, 2.45) is 22.6 Å². The molecule has 1 fully saturated rings. The third-order valence-electron chi connectivity index (χ3n) is 6.12. The molecule has 4 N–H and O–H groups in total. The standard InChI is InChI=1S/C24H29F3N4O2/c25-24(26,27)19-6-4-16(5-7-19)13-29-23(30-14-18-3-1-2-17(10-18)12-28)31-20-8-9-21-22(11-20)33-15-32-21/h4-9,11,17-18H,1-3,10,12-15,28H2,(H2,29,30,31). The molecule has 0 aromatic heterocycles. The lowest BCUT2D eigenvalue weighted by Crippen LogP contribution is -2.37. The summed E-state index contributed by atoms with van der Waals surface area (Å²) in [6.07, 6.45) is 0.218. The lowest BCUT2D eigenvalue weighted by atomic mass is 9.81. The number of nitrogens with zero attached hydrogens (tertiary/aromatic N) is 1. The topological polar surface area (TPSA) is 80.9 Å². The molecule has 6 nitrogen and oxygen atoms in total. The van der Waals surface area contributed by atoms with Crippen LogP contribution in [-0.2, 0) is 12.7 Å². The lowest BCUT2D eigenvalue weighted by Gasteiger charge is -2.29. The first kappa shape index (κ1) is 23.2. The molecule has 2 atom stereocenters. The predicted octanol–water partition coefficient (Wildman–Crippen LogP) is 4.76. The number of hydrogen-bond acceptors (Lipinski definition) is 4. The highest BCUT2D eigenvalue weighted by molar-refractivity contribution is 5.94. The molecule has 2 unspecified atom stereocenters. The minimum Gasteiger partial charge on any atom is -0.454 e. The van der Waals surface area contributed by atoms with Gasteiger partial charge in [0, 0.05) is 18.3 Å². The van der Waals surface area contributed by atoms with Gasteiger partial charge in [-0.05, 0) is 67.5 Å². The van der Waals surface area contributed by atoms with Gasteiger partial charge >= 0.3 is 6.18 Å². The van der Waals surface area contributed by atoms with Crippen LogP contribution in [-0.4, -0.2) is 25.8 Å². The zero-order valence-corrected chi connectivity index (χ0v) is 18.3. The first-order valence-corrected chi connectivity index (χ1v) is 11.2. The Labute approximate surface area is 191 Å². The summed E-state index contributed by atoms with van der Waals surface area (Å²) in [5.41, 5.74) is 6.67. The van der Waals surface area contributed by atoms with E-state index in [2.05, 4.69) is 15.6 Å². The highest BCUT2D eigenvalue weighted by atomic mass is 19.4. The lowest BCUT2D eigenvalue weighted by molar-refractivity contribution is -0.137. The monoisotopic (exact) mass is 462 g/mol. The van der Waals surface area contributed by atoms with Crippen molar-refractivity contribution in [2.75, 3.05) is 25.2 Å². The molecule has 0 saturated heterocycles. The number of guanidine groups is 1. The van der Waals surface area contributed by atoms with Gasteiger partial charge in [0.25, 0.3) is 0 Å². The minimum atomic E-state index is -4.35. The van der Waals surface area contributed by atoms with Crippen molar-refractivity contribution in [1.29, 1.82) is 0 Å². The molecular formula is C24H29F3N4O2. The molecule has 2 aromatic rings. The Hall–Kier alpha value is -2.94. The summed E-state index contributed by atoms with van der Waals surface area (Å²) in [7, 11) is 0. The molecule has 1 saturated carbocycles. The Bertz CT molecular complexity index is 963. The number of benzene rings is 2. The van der Waals surface area contributed by atoms with Crippen LogP contribution in [0.25, 0.3) is 0 Å². The molecule has 0 amide bonds. The maximum absolute atomic E-state index is 12.8. The van der Waals surface area contributed by atoms with Gasteiger partial charge in [-0.25, -0.2) is 4.99 Å². The van der Waals surface area contributed by atoms with E-state index in [0.717, 1.165) is 37.2 Å². The summed E-state index contributed by atoms with van der Waals surface area (Å²) in [6.45, 7) is 1.89. The van der Waals surface area contributed by atoms with Gasteiger partial charge in [-0.2, -0.15) is 13.2 Å². The van der Waals surface area contributed by atoms with E-state index in [0.29, 0.717) is 41.4 Å². The second kappa shape index (κ2) is 10.3. The van der Waals surface area contributed by atoms with Gasteiger partial charge < -0.3 is 25.8 Å². The predicted molar refractivity (Wildman–Crippen MR) is 121 cm³/mol. The van der Waals surface area contributed by atoms with E-state index in [1.807, 2.05) is 18.2 Å². The molecule has 2 aliphatic rings. The highest BCUT2D eigenvalue weighted by Crippen LogP contribution is 2.34. The average Bonchev–Trinajstić information content (AvgIpc) is 3.28. The van der Waals surface area contributed by atoms with Crippen LogP contribution in [0.15, 0.2) is 47.5 Å². The van der Waals surface area contributed by atoms with E-state index >= 15 is 0 Å². The molecule has 1 heterocycles. The van der Waals surface area contributed by atoms with Crippen molar-refractivity contribution in [3.8, 4) is 11.5 Å². The number of anilines is 1. The van der Waals surface area contributed by atoms with Gasteiger partial charge in [0.2, 0.25) is 6.79 Å². The SMILES string of the molecule is NCC1CCCC(CNC(=NCc2ccc(C(F)(F)F)cc2)Nc2ccc3c(c2)OCO3)C1. The van der Waals surface area contributed by atoms with Crippen LogP contribution < -0.4 is 25.8 Å². The largest absolute Gasteiger partial charge is 0.454 e. The maximum atomic E-state index is 12.8. The van der Waals surface area contributed by atoms with Gasteiger partial charge in [-0.15, -0.1) is 0 Å². The Morgan fingerprint density at radius 2 is 1.79 bits per heavy atom. The number of nitrogens with one attached hydrogen (secondary N) is 2. The van der Waals surface area contributed by atoms with E-state index in [-0.39, 0.29) is 13.3 Å². The Morgan fingerprint density at radius 1 is 1.03 bits per heavy atom. The number of nitrogens with two attached hydrogens (primary N) is 1. The summed E-state index contributed by atoms with van der Waals surface area (Å²) in [4.78, 5) is 4.61. The fraction of sp³-hybridized carbons (Fsp3) is 0.458. The minimum absolute atomic E-state index is 0.190. The van der Waals surface area contributed by atoms with Crippen LogP contribution in [0.4, 0.5) is 18.9 Å². The van der Waals surface area contributed by atoms with Crippen LogP contribution in [0.1, 0.15) is 36.8 Å².